The third kappa shape index (κ3) is 5.46. The number of aryl methyl sites for hydroxylation is 1. The molecule has 1 amide bonds. The van der Waals surface area contributed by atoms with Crippen LogP contribution in [0.25, 0.3) is 41.6 Å². The van der Waals surface area contributed by atoms with Gasteiger partial charge in [0.25, 0.3) is 16.0 Å². The quantitative estimate of drug-likeness (QED) is 0.189. The summed E-state index contributed by atoms with van der Waals surface area (Å²) in [5.74, 6) is -0.163. The zero-order valence-electron chi connectivity index (χ0n) is 23.3. The molecule has 2 heterocycles. The fraction of sp³-hybridized carbons (Fsp3) is 0.156. The van der Waals surface area contributed by atoms with Crippen LogP contribution in [0.3, 0.4) is 0 Å². The molecule has 2 N–H and O–H groups in total. The minimum atomic E-state index is -4.38. The second-order valence-corrected chi connectivity index (χ2v) is 14.5. The minimum Gasteiger partial charge on any atom is -0.322 e. The Kier molecular flexibility index (Phi) is 6.97. The second-order valence-electron chi connectivity index (χ2n) is 11.1. The van der Waals surface area contributed by atoms with Crippen molar-refractivity contribution >= 4 is 64.8 Å². The van der Waals surface area contributed by atoms with Crippen LogP contribution in [0.4, 0.5) is 5.69 Å². The highest BCUT2D eigenvalue weighted by atomic mass is 32.2. The maximum atomic E-state index is 12.8. The van der Waals surface area contributed by atoms with E-state index in [2.05, 4.69) is 31.1 Å². The van der Waals surface area contributed by atoms with Crippen molar-refractivity contribution < 1.29 is 17.8 Å². The molecule has 0 fully saturated rings. The largest absolute Gasteiger partial charge is 0.322 e. The lowest BCUT2D eigenvalue weighted by Gasteiger charge is -2.19. The number of fused-ring (bicyclic) bond motifs is 2. The van der Waals surface area contributed by atoms with Gasteiger partial charge in [0.05, 0.1) is 20.4 Å². The summed E-state index contributed by atoms with van der Waals surface area (Å²) in [5, 5.41) is 4.46. The number of carbonyl (C=O) groups is 1. The van der Waals surface area contributed by atoms with Crippen molar-refractivity contribution in [1.29, 1.82) is 0 Å². The fourth-order valence-electron chi connectivity index (χ4n) is 4.71. The van der Waals surface area contributed by atoms with Gasteiger partial charge in [0.2, 0.25) is 0 Å². The van der Waals surface area contributed by atoms with Gasteiger partial charge in [-0.2, -0.15) is 8.42 Å². The molecule has 10 heteroatoms. The van der Waals surface area contributed by atoms with E-state index < -0.39 is 10.1 Å². The first-order valence-corrected chi connectivity index (χ1v) is 16.2. The molecule has 4 aromatic carbocycles. The number of rotatable bonds is 5. The van der Waals surface area contributed by atoms with Gasteiger partial charge in [-0.15, -0.1) is 22.7 Å². The molecule has 2 aromatic heterocycles. The smallest absolute Gasteiger partial charge is 0.296 e. The molecule has 0 aliphatic carbocycles. The number of aromatic nitrogens is 2. The van der Waals surface area contributed by atoms with Crippen LogP contribution in [0, 0.1) is 6.92 Å². The van der Waals surface area contributed by atoms with Crippen molar-refractivity contribution in [1.82, 2.24) is 9.97 Å². The van der Waals surface area contributed by atoms with Crippen LogP contribution in [-0.4, -0.2) is 28.8 Å². The van der Waals surface area contributed by atoms with E-state index in [1.54, 1.807) is 19.1 Å². The number of anilines is 1. The molecule has 0 saturated carbocycles. The molecule has 7 nitrogen and oxygen atoms in total. The third-order valence-electron chi connectivity index (χ3n) is 7.01. The van der Waals surface area contributed by atoms with E-state index >= 15 is 0 Å². The monoisotopic (exact) mass is 613 g/mol. The van der Waals surface area contributed by atoms with Gasteiger partial charge < -0.3 is 5.32 Å². The first-order chi connectivity index (χ1) is 19.9. The standard InChI is InChI=1S/C32H27N3O4S3/c1-18-5-15-25-27(28(18)42(37,38)39)41-31(35-25)21-10-16-24-26(17-21)40-30(34-24)20-8-13-23(14-9-20)33-29(36)19-6-11-22(12-7-19)32(2,3)4/h5-17H,1-4H3,(H,33,36)(H,37,38,39). The Balaban J connectivity index is 1.23. The van der Waals surface area contributed by atoms with E-state index in [4.69, 9.17) is 4.98 Å². The average molecular weight is 614 g/mol. The Morgan fingerprint density at radius 2 is 1.43 bits per heavy atom. The molecule has 6 aromatic rings. The molecule has 212 valence electrons. The molecule has 0 atom stereocenters. The van der Waals surface area contributed by atoms with Crippen molar-refractivity contribution in [3.8, 4) is 21.1 Å². The van der Waals surface area contributed by atoms with E-state index in [9.17, 15) is 17.8 Å². The van der Waals surface area contributed by atoms with Gasteiger partial charge in [-0.05, 0) is 84.1 Å². The van der Waals surface area contributed by atoms with Crippen LogP contribution in [-0.2, 0) is 15.5 Å². The van der Waals surface area contributed by atoms with Crippen LogP contribution < -0.4 is 5.32 Å². The predicted octanol–water partition coefficient (Wildman–Crippen LogP) is 8.34. The minimum absolute atomic E-state index is 0.0253. The van der Waals surface area contributed by atoms with Crippen molar-refractivity contribution in [3.05, 3.63) is 95.6 Å². The van der Waals surface area contributed by atoms with E-state index in [-0.39, 0.29) is 16.2 Å². The van der Waals surface area contributed by atoms with Gasteiger partial charge in [-0.3, -0.25) is 9.35 Å². The number of hydrogen-bond donors (Lipinski definition) is 2. The van der Waals surface area contributed by atoms with E-state index in [0.29, 0.717) is 32.0 Å². The summed E-state index contributed by atoms with van der Waals surface area (Å²) in [7, 11) is -4.38. The fourth-order valence-corrected chi connectivity index (χ4v) is 8.03. The number of hydrogen-bond acceptors (Lipinski definition) is 7. The van der Waals surface area contributed by atoms with Gasteiger partial charge in [-0.25, -0.2) is 9.97 Å². The molecule has 0 radical (unpaired) electrons. The highest BCUT2D eigenvalue weighted by Crippen LogP contribution is 2.38. The maximum absolute atomic E-state index is 12.8. The van der Waals surface area contributed by atoms with Crippen LogP contribution in [0.15, 0.2) is 83.8 Å². The van der Waals surface area contributed by atoms with Gasteiger partial charge in [0, 0.05) is 22.4 Å². The summed E-state index contributed by atoms with van der Waals surface area (Å²) in [6, 6.07) is 24.5. The lowest BCUT2D eigenvalue weighted by atomic mass is 9.87. The van der Waals surface area contributed by atoms with Crippen LogP contribution in [0.5, 0.6) is 0 Å². The molecule has 42 heavy (non-hydrogen) atoms. The Morgan fingerprint density at radius 3 is 2.10 bits per heavy atom. The van der Waals surface area contributed by atoms with Gasteiger partial charge in [0.1, 0.15) is 14.9 Å². The van der Waals surface area contributed by atoms with Crippen molar-refractivity contribution in [3.63, 3.8) is 0 Å². The zero-order chi connectivity index (χ0) is 29.8. The number of nitrogens with zero attached hydrogens (tertiary/aromatic N) is 2. The average Bonchev–Trinajstić information content (AvgIpc) is 3.56. The molecular weight excluding hydrogens is 587 g/mol. The molecule has 0 aliphatic rings. The SMILES string of the molecule is Cc1ccc2nc(-c3ccc4nc(-c5ccc(NC(=O)c6ccc(C(C)(C)C)cc6)cc5)sc4c3)sc2c1S(=O)(=O)O. The third-order valence-corrected chi connectivity index (χ3v) is 10.4. The van der Waals surface area contributed by atoms with Gasteiger partial charge >= 0.3 is 0 Å². The molecule has 0 saturated heterocycles. The van der Waals surface area contributed by atoms with Crippen LogP contribution >= 0.6 is 22.7 Å². The number of amides is 1. The number of thiazole rings is 2. The van der Waals surface area contributed by atoms with Crippen molar-refractivity contribution in [2.24, 2.45) is 0 Å². The highest BCUT2D eigenvalue weighted by Gasteiger charge is 2.21. The zero-order valence-corrected chi connectivity index (χ0v) is 25.7. The number of nitrogens with one attached hydrogen (secondary N) is 1. The van der Waals surface area contributed by atoms with Crippen LogP contribution in [0.1, 0.15) is 42.3 Å². The summed E-state index contributed by atoms with van der Waals surface area (Å²) in [4.78, 5) is 22.1. The molecule has 6 rings (SSSR count). The molecular formula is C32H27N3O4S3. The lowest BCUT2D eigenvalue weighted by Crippen LogP contribution is -2.14. The van der Waals surface area contributed by atoms with Gasteiger partial charge in [0.15, 0.2) is 0 Å². The van der Waals surface area contributed by atoms with Crippen molar-refractivity contribution in [2.45, 2.75) is 38.0 Å². The topological polar surface area (TPSA) is 109 Å². The summed E-state index contributed by atoms with van der Waals surface area (Å²) < 4.78 is 35.2. The first kappa shape index (κ1) is 28.2. The predicted molar refractivity (Wildman–Crippen MR) is 171 cm³/mol. The van der Waals surface area contributed by atoms with Gasteiger partial charge in [-0.1, -0.05) is 39.0 Å². The Morgan fingerprint density at radius 1 is 0.810 bits per heavy atom. The second kappa shape index (κ2) is 10.4. The Labute approximate surface area is 251 Å². The maximum Gasteiger partial charge on any atom is 0.296 e. The normalized spacial score (nSPS) is 12.2. The molecule has 0 bridgehead atoms. The molecule has 0 unspecified atom stereocenters. The first-order valence-electron chi connectivity index (χ1n) is 13.2. The van der Waals surface area contributed by atoms with Crippen molar-refractivity contribution in [2.75, 3.05) is 5.32 Å². The van der Waals surface area contributed by atoms with E-state index in [1.807, 2.05) is 66.7 Å². The van der Waals surface area contributed by atoms with E-state index in [1.165, 1.54) is 28.2 Å². The molecule has 0 spiro atoms. The van der Waals surface area contributed by atoms with E-state index in [0.717, 1.165) is 26.4 Å². The molecule has 0 aliphatic heterocycles. The number of carbonyl (C=O) groups excluding carboxylic acids is 1. The summed E-state index contributed by atoms with van der Waals surface area (Å²) >= 11 is 2.77. The Hall–Kier alpha value is -3.96. The lowest BCUT2D eigenvalue weighted by molar-refractivity contribution is 0.102. The summed E-state index contributed by atoms with van der Waals surface area (Å²) in [5.41, 5.74) is 6.10. The summed E-state index contributed by atoms with van der Waals surface area (Å²) in [6.07, 6.45) is 0. The Bertz CT molecular complexity index is 2090. The number of benzene rings is 4. The summed E-state index contributed by atoms with van der Waals surface area (Å²) in [6.45, 7) is 8.07. The highest BCUT2D eigenvalue weighted by molar-refractivity contribution is 7.86. The van der Waals surface area contributed by atoms with Crippen LogP contribution in [0.2, 0.25) is 0 Å².